The first-order chi connectivity index (χ1) is 9.88. The number of nitrogens with one attached hydrogen (secondary N) is 1. The number of aryl methyl sites for hydroxylation is 3. The van der Waals surface area contributed by atoms with Crippen LogP contribution in [-0.2, 0) is 0 Å². The monoisotopic (exact) mass is 285 g/mol. The Morgan fingerprint density at radius 2 is 1.76 bits per heavy atom. The Bertz CT molecular complexity index is 726. The van der Waals surface area contributed by atoms with E-state index in [4.69, 9.17) is 5.11 Å². The van der Waals surface area contributed by atoms with Gasteiger partial charge in [-0.15, -0.1) is 0 Å². The molecule has 2 aromatic rings. The number of aromatic carboxylic acids is 1. The maximum atomic E-state index is 12.2. The quantitative estimate of drug-likeness (QED) is 0.903. The minimum absolute atomic E-state index is 0.161. The topological polar surface area (TPSA) is 92.2 Å². The van der Waals surface area contributed by atoms with Crippen LogP contribution in [0.25, 0.3) is 0 Å². The van der Waals surface area contributed by atoms with Crippen LogP contribution in [0.3, 0.4) is 0 Å². The number of carbonyl (C=O) groups excluding carboxylic acids is 1. The van der Waals surface area contributed by atoms with Gasteiger partial charge in [-0.25, -0.2) is 4.79 Å². The van der Waals surface area contributed by atoms with E-state index in [0.717, 1.165) is 0 Å². The van der Waals surface area contributed by atoms with Crippen molar-refractivity contribution in [3.8, 4) is 0 Å². The highest BCUT2D eigenvalue weighted by Gasteiger charge is 2.13. The molecule has 0 aliphatic rings. The number of hydrogen-bond donors (Lipinski definition) is 2. The number of carboxylic acids is 1. The summed E-state index contributed by atoms with van der Waals surface area (Å²) in [7, 11) is 0. The third-order valence-electron chi connectivity index (χ3n) is 3.07. The molecule has 0 fully saturated rings. The molecular weight excluding hydrogens is 270 g/mol. The highest BCUT2D eigenvalue weighted by molar-refractivity contribution is 6.05. The Hall–Kier alpha value is -2.76. The fraction of sp³-hybridized carbons (Fsp3) is 0.200. The van der Waals surface area contributed by atoms with E-state index < -0.39 is 5.97 Å². The Labute approximate surface area is 121 Å². The second-order valence-electron chi connectivity index (χ2n) is 4.77. The van der Waals surface area contributed by atoms with E-state index in [9.17, 15) is 9.59 Å². The van der Waals surface area contributed by atoms with Gasteiger partial charge in [-0.1, -0.05) is 6.07 Å². The zero-order chi connectivity index (χ0) is 15.6. The average molecular weight is 285 g/mol. The maximum absolute atomic E-state index is 12.2. The van der Waals surface area contributed by atoms with Gasteiger partial charge in [0.2, 0.25) is 0 Å². The Morgan fingerprint density at radius 1 is 1.05 bits per heavy atom. The molecule has 1 amide bonds. The smallest absolute Gasteiger partial charge is 0.336 e. The third kappa shape index (κ3) is 3.22. The molecular formula is C15H15N3O3. The second kappa shape index (κ2) is 5.70. The molecule has 0 radical (unpaired) electrons. The summed E-state index contributed by atoms with van der Waals surface area (Å²) in [6, 6.07) is 6.40. The van der Waals surface area contributed by atoms with E-state index in [1.54, 1.807) is 39.0 Å². The molecule has 1 heterocycles. The van der Waals surface area contributed by atoms with Gasteiger partial charge in [-0.05, 0) is 44.5 Å². The zero-order valence-corrected chi connectivity index (χ0v) is 12.0. The number of nitrogens with zero attached hydrogens (tertiary/aromatic N) is 2. The average Bonchev–Trinajstić information content (AvgIpc) is 2.43. The SMILES string of the molecule is Cc1cc(C(=O)Nc2ccc(C)c(C(=O)O)c2)c(C)nn1. The van der Waals surface area contributed by atoms with Crippen LogP contribution in [0.2, 0.25) is 0 Å². The van der Waals surface area contributed by atoms with Crippen molar-refractivity contribution >= 4 is 17.6 Å². The van der Waals surface area contributed by atoms with Crippen molar-refractivity contribution in [2.24, 2.45) is 0 Å². The predicted molar refractivity (Wildman–Crippen MR) is 77.6 cm³/mol. The van der Waals surface area contributed by atoms with Crippen LogP contribution < -0.4 is 5.32 Å². The van der Waals surface area contributed by atoms with E-state index in [0.29, 0.717) is 28.2 Å². The van der Waals surface area contributed by atoms with Gasteiger partial charge < -0.3 is 10.4 Å². The maximum Gasteiger partial charge on any atom is 0.336 e. The predicted octanol–water partition coefficient (Wildman–Crippen LogP) is 2.35. The largest absolute Gasteiger partial charge is 0.478 e. The fourth-order valence-corrected chi connectivity index (χ4v) is 1.91. The summed E-state index contributed by atoms with van der Waals surface area (Å²) in [5.74, 6) is -1.37. The Kier molecular flexibility index (Phi) is 3.98. The summed E-state index contributed by atoms with van der Waals surface area (Å²) in [5.41, 5.74) is 2.80. The molecule has 6 nitrogen and oxygen atoms in total. The summed E-state index contributed by atoms with van der Waals surface area (Å²) < 4.78 is 0. The third-order valence-corrected chi connectivity index (χ3v) is 3.07. The van der Waals surface area contributed by atoms with Crippen LogP contribution in [0.4, 0.5) is 5.69 Å². The van der Waals surface area contributed by atoms with Gasteiger partial charge >= 0.3 is 5.97 Å². The Morgan fingerprint density at radius 3 is 2.43 bits per heavy atom. The van der Waals surface area contributed by atoms with E-state index in [2.05, 4.69) is 15.5 Å². The molecule has 0 saturated heterocycles. The first kappa shape index (κ1) is 14.6. The van der Waals surface area contributed by atoms with Crippen molar-refractivity contribution in [3.63, 3.8) is 0 Å². The first-order valence-corrected chi connectivity index (χ1v) is 6.34. The number of carbonyl (C=O) groups is 2. The molecule has 108 valence electrons. The lowest BCUT2D eigenvalue weighted by molar-refractivity contribution is 0.0695. The Balaban J connectivity index is 2.29. The molecule has 0 atom stereocenters. The molecule has 0 unspecified atom stereocenters. The van der Waals surface area contributed by atoms with E-state index in [-0.39, 0.29) is 11.5 Å². The summed E-state index contributed by atoms with van der Waals surface area (Å²) >= 11 is 0. The number of aromatic nitrogens is 2. The fourth-order valence-electron chi connectivity index (χ4n) is 1.91. The van der Waals surface area contributed by atoms with Gasteiger partial charge in [0, 0.05) is 5.69 Å². The van der Waals surface area contributed by atoms with Crippen LogP contribution in [0, 0.1) is 20.8 Å². The zero-order valence-electron chi connectivity index (χ0n) is 12.0. The van der Waals surface area contributed by atoms with Gasteiger partial charge in [-0.2, -0.15) is 10.2 Å². The van der Waals surface area contributed by atoms with Crippen molar-refractivity contribution < 1.29 is 14.7 Å². The van der Waals surface area contributed by atoms with Crippen LogP contribution in [0.15, 0.2) is 24.3 Å². The molecule has 2 N–H and O–H groups in total. The van der Waals surface area contributed by atoms with Crippen molar-refractivity contribution in [1.29, 1.82) is 0 Å². The molecule has 0 aliphatic heterocycles. The van der Waals surface area contributed by atoms with Gasteiger partial charge in [0.05, 0.1) is 22.5 Å². The number of carboxylic acid groups (broad SMARTS) is 1. The number of rotatable bonds is 3. The van der Waals surface area contributed by atoms with Gasteiger partial charge in [0.25, 0.3) is 5.91 Å². The molecule has 21 heavy (non-hydrogen) atoms. The highest BCUT2D eigenvalue weighted by atomic mass is 16.4. The first-order valence-electron chi connectivity index (χ1n) is 6.34. The van der Waals surface area contributed by atoms with Crippen LogP contribution in [0.1, 0.15) is 37.7 Å². The van der Waals surface area contributed by atoms with Crippen molar-refractivity contribution in [3.05, 3.63) is 52.3 Å². The summed E-state index contributed by atoms with van der Waals surface area (Å²) in [6.07, 6.45) is 0. The van der Waals surface area contributed by atoms with Gasteiger partial charge in [-0.3, -0.25) is 4.79 Å². The van der Waals surface area contributed by atoms with E-state index in [1.165, 1.54) is 6.07 Å². The molecule has 0 bridgehead atoms. The lowest BCUT2D eigenvalue weighted by atomic mass is 10.1. The molecule has 2 rings (SSSR count). The second-order valence-corrected chi connectivity index (χ2v) is 4.77. The van der Waals surface area contributed by atoms with Crippen molar-refractivity contribution in [2.75, 3.05) is 5.32 Å². The molecule has 1 aromatic heterocycles. The lowest BCUT2D eigenvalue weighted by Crippen LogP contribution is -2.15. The summed E-state index contributed by atoms with van der Waals surface area (Å²) in [4.78, 5) is 23.3. The summed E-state index contributed by atoms with van der Waals surface area (Å²) in [5, 5.41) is 19.5. The molecule has 6 heteroatoms. The highest BCUT2D eigenvalue weighted by Crippen LogP contribution is 2.17. The minimum Gasteiger partial charge on any atom is -0.478 e. The molecule has 0 spiro atoms. The molecule has 1 aromatic carbocycles. The van der Waals surface area contributed by atoms with E-state index in [1.807, 2.05) is 0 Å². The number of anilines is 1. The number of amides is 1. The minimum atomic E-state index is -1.03. The number of benzene rings is 1. The van der Waals surface area contributed by atoms with Crippen LogP contribution in [0.5, 0.6) is 0 Å². The van der Waals surface area contributed by atoms with Gasteiger partial charge in [0.15, 0.2) is 0 Å². The normalized spacial score (nSPS) is 10.2. The molecule has 0 saturated carbocycles. The number of hydrogen-bond acceptors (Lipinski definition) is 4. The van der Waals surface area contributed by atoms with Crippen LogP contribution in [-0.4, -0.2) is 27.2 Å². The lowest BCUT2D eigenvalue weighted by Gasteiger charge is -2.09. The van der Waals surface area contributed by atoms with Gasteiger partial charge in [0.1, 0.15) is 0 Å². The van der Waals surface area contributed by atoms with Crippen LogP contribution >= 0.6 is 0 Å². The summed E-state index contributed by atoms with van der Waals surface area (Å²) in [6.45, 7) is 5.14. The van der Waals surface area contributed by atoms with E-state index >= 15 is 0 Å². The molecule has 0 aliphatic carbocycles. The van der Waals surface area contributed by atoms with Crippen molar-refractivity contribution in [1.82, 2.24) is 10.2 Å². The van der Waals surface area contributed by atoms with Crippen molar-refractivity contribution in [2.45, 2.75) is 20.8 Å². The standard InChI is InChI=1S/C15H15N3O3/c1-8-4-5-11(7-12(8)15(20)21)16-14(19)13-6-9(2)17-18-10(13)3/h4-7H,1-3H3,(H,16,19)(H,20,21).